The molecule has 1 aromatic rings. The summed E-state index contributed by atoms with van der Waals surface area (Å²) in [6.45, 7) is 0. The molecule has 0 amide bonds. The summed E-state index contributed by atoms with van der Waals surface area (Å²) in [6.07, 6.45) is 4.48. The van der Waals surface area contributed by atoms with Gasteiger partial charge in [-0.05, 0) is 62.8 Å². The molecule has 0 aliphatic carbocycles. The number of hydrogen-bond donors (Lipinski definition) is 1. The number of halogens is 2. The molecule has 2 saturated heterocycles. The highest BCUT2D eigenvalue weighted by molar-refractivity contribution is 5.20. The van der Waals surface area contributed by atoms with Gasteiger partial charge in [-0.3, -0.25) is 0 Å². The minimum atomic E-state index is -0.770. The summed E-state index contributed by atoms with van der Waals surface area (Å²) in [4.78, 5) is 2.45. The van der Waals surface area contributed by atoms with E-state index in [2.05, 4.69) is 11.9 Å². The number of aliphatic hydroxyl groups is 1. The van der Waals surface area contributed by atoms with E-state index in [0.29, 0.717) is 30.0 Å². The van der Waals surface area contributed by atoms with Crippen LogP contribution < -0.4 is 0 Å². The standard InChI is InChI=1S/C16H21F2NO/c1-19-14-2-3-15(19)5-10(4-14)6-16(20)11-7-12(17)9-13(18)8-11/h7-10,14-16,20H,2-6H2,1H3. The first-order valence-corrected chi connectivity index (χ1v) is 7.39. The maximum Gasteiger partial charge on any atom is 0.126 e. The van der Waals surface area contributed by atoms with Gasteiger partial charge in [0.2, 0.25) is 0 Å². The molecule has 3 unspecified atom stereocenters. The lowest BCUT2D eigenvalue weighted by Gasteiger charge is -2.37. The summed E-state index contributed by atoms with van der Waals surface area (Å²) in [5, 5.41) is 10.2. The number of benzene rings is 1. The molecule has 0 radical (unpaired) electrons. The number of fused-ring (bicyclic) bond motifs is 2. The van der Waals surface area contributed by atoms with E-state index < -0.39 is 17.7 Å². The maximum absolute atomic E-state index is 13.2. The lowest BCUT2D eigenvalue weighted by molar-refractivity contribution is 0.0833. The third-order valence-electron chi connectivity index (χ3n) is 5.02. The molecular weight excluding hydrogens is 260 g/mol. The van der Waals surface area contributed by atoms with Crippen molar-refractivity contribution in [2.45, 2.75) is 50.3 Å². The van der Waals surface area contributed by atoms with Crippen LogP contribution in [0.1, 0.15) is 43.8 Å². The van der Waals surface area contributed by atoms with Gasteiger partial charge in [0.15, 0.2) is 0 Å². The van der Waals surface area contributed by atoms with Gasteiger partial charge in [-0.25, -0.2) is 8.78 Å². The van der Waals surface area contributed by atoms with Crippen molar-refractivity contribution in [3.8, 4) is 0 Å². The van der Waals surface area contributed by atoms with Crippen LogP contribution in [0.25, 0.3) is 0 Å². The summed E-state index contributed by atoms with van der Waals surface area (Å²) < 4.78 is 26.4. The van der Waals surface area contributed by atoms with Crippen LogP contribution in [-0.4, -0.2) is 29.1 Å². The summed E-state index contributed by atoms with van der Waals surface area (Å²) in [5.74, 6) is -0.796. The normalized spacial score (nSPS) is 31.5. The van der Waals surface area contributed by atoms with Gasteiger partial charge >= 0.3 is 0 Å². The number of nitrogens with zero attached hydrogens (tertiary/aromatic N) is 1. The number of aliphatic hydroxyl groups excluding tert-OH is 1. The molecule has 0 spiro atoms. The Hall–Kier alpha value is -1.00. The van der Waals surface area contributed by atoms with Crippen LogP contribution in [0.15, 0.2) is 18.2 Å². The van der Waals surface area contributed by atoms with Gasteiger partial charge in [-0.1, -0.05) is 0 Å². The summed E-state index contributed by atoms with van der Waals surface area (Å²) in [7, 11) is 2.18. The zero-order valence-electron chi connectivity index (χ0n) is 11.7. The molecule has 1 N–H and O–H groups in total. The van der Waals surface area contributed by atoms with E-state index in [1.807, 2.05) is 0 Å². The zero-order chi connectivity index (χ0) is 14.3. The monoisotopic (exact) mass is 281 g/mol. The van der Waals surface area contributed by atoms with Crippen molar-refractivity contribution in [3.63, 3.8) is 0 Å². The summed E-state index contributed by atoms with van der Waals surface area (Å²) in [5.41, 5.74) is 0.355. The van der Waals surface area contributed by atoms with E-state index in [1.54, 1.807) is 0 Å². The van der Waals surface area contributed by atoms with Crippen molar-refractivity contribution in [3.05, 3.63) is 35.4 Å². The molecule has 3 atom stereocenters. The first-order valence-electron chi connectivity index (χ1n) is 7.39. The molecule has 1 aromatic carbocycles. The van der Waals surface area contributed by atoms with Gasteiger partial charge in [0.25, 0.3) is 0 Å². The van der Waals surface area contributed by atoms with Crippen LogP contribution in [0.5, 0.6) is 0 Å². The molecule has 2 fully saturated rings. The molecule has 0 saturated carbocycles. The van der Waals surface area contributed by atoms with E-state index in [-0.39, 0.29) is 0 Å². The zero-order valence-corrected chi connectivity index (χ0v) is 11.7. The van der Waals surface area contributed by atoms with Crippen LogP contribution in [0.4, 0.5) is 8.78 Å². The summed E-state index contributed by atoms with van der Waals surface area (Å²) >= 11 is 0. The van der Waals surface area contributed by atoms with Crippen LogP contribution in [-0.2, 0) is 0 Å². The molecule has 2 aliphatic rings. The molecule has 2 nitrogen and oxygen atoms in total. The van der Waals surface area contributed by atoms with Crippen molar-refractivity contribution in [2.24, 2.45) is 5.92 Å². The third kappa shape index (κ3) is 2.72. The molecule has 20 heavy (non-hydrogen) atoms. The smallest absolute Gasteiger partial charge is 0.126 e. The largest absolute Gasteiger partial charge is 0.388 e. The van der Waals surface area contributed by atoms with Gasteiger partial charge in [-0.15, -0.1) is 0 Å². The second-order valence-corrected chi connectivity index (χ2v) is 6.34. The highest BCUT2D eigenvalue weighted by atomic mass is 19.1. The molecule has 110 valence electrons. The Morgan fingerprint density at radius 1 is 1.15 bits per heavy atom. The van der Waals surface area contributed by atoms with Crippen molar-refractivity contribution in [1.29, 1.82) is 0 Å². The first kappa shape index (κ1) is 14.0. The number of piperidine rings is 1. The second-order valence-electron chi connectivity index (χ2n) is 6.34. The van der Waals surface area contributed by atoms with Crippen molar-refractivity contribution in [1.82, 2.24) is 4.90 Å². The Kier molecular flexibility index (Phi) is 3.78. The Labute approximate surface area is 118 Å². The predicted molar refractivity (Wildman–Crippen MR) is 73.2 cm³/mol. The van der Waals surface area contributed by atoms with Crippen molar-refractivity contribution >= 4 is 0 Å². The molecule has 2 bridgehead atoms. The minimum Gasteiger partial charge on any atom is -0.388 e. The van der Waals surface area contributed by atoms with Crippen LogP contribution in [0, 0.1) is 17.6 Å². The van der Waals surface area contributed by atoms with E-state index in [9.17, 15) is 13.9 Å². The van der Waals surface area contributed by atoms with Crippen LogP contribution in [0.2, 0.25) is 0 Å². The van der Waals surface area contributed by atoms with Gasteiger partial charge in [0, 0.05) is 18.2 Å². The Morgan fingerprint density at radius 3 is 2.25 bits per heavy atom. The first-order chi connectivity index (χ1) is 9.52. The lowest BCUT2D eigenvalue weighted by Crippen LogP contribution is -2.40. The van der Waals surface area contributed by atoms with E-state index in [0.717, 1.165) is 18.9 Å². The average molecular weight is 281 g/mol. The highest BCUT2D eigenvalue weighted by Gasteiger charge is 2.38. The Morgan fingerprint density at radius 2 is 1.70 bits per heavy atom. The molecule has 4 heteroatoms. The molecule has 0 aromatic heterocycles. The Bertz CT molecular complexity index is 459. The van der Waals surface area contributed by atoms with Crippen molar-refractivity contribution < 1.29 is 13.9 Å². The SMILES string of the molecule is CN1C2CCC1CC(CC(O)c1cc(F)cc(F)c1)C2. The van der Waals surface area contributed by atoms with E-state index >= 15 is 0 Å². The molecule has 3 rings (SSSR count). The second kappa shape index (κ2) is 5.41. The fourth-order valence-electron chi connectivity index (χ4n) is 3.94. The lowest BCUT2D eigenvalue weighted by atomic mass is 9.85. The van der Waals surface area contributed by atoms with Crippen LogP contribution >= 0.6 is 0 Å². The summed E-state index contributed by atoms with van der Waals surface area (Å²) in [6, 6.07) is 4.55. The molecular formula is C16H21F2NO. The van der Waals surface area contributed by atoms with Gasteiger partial charge in [-0.2, -0.15) is 0 Å². The topological polar surface area (TPSA) is 23.5 Å². The minimum absolute atomic E-state index is 0.355. The number of rotatable bonds is 3. The fraction of sp³-hybridized carbons (Fsp3) is 0.625. The number of hydrogen-bond acceptors (Lipinski definition) is 2. The quantitative estimate of drug-likeness (QED) is 0.919. The van der Waals surface area contributed by atoms with Gasteiger partial charge in [0.05, 0.1) is 6.10 Å². The van der Waals surface area contributed by atoms with Gasteiger partial charge in [0.1, 0.15) is 11.6 Å². The fourth-order valence-corrected chi connectivity index (χ4v) is 3.94. The van der Waals surface area contributed by atoms with Crippen molar-refractivity contribution in [2.75, 3.05) is 7.05 Å². The molecule has 2 heterocycles. The van der Waals surface area contributed by atoms with E-state index in [1.165, 1.54) is 25.0 Å². The van der Waals surface area contributed by atoms with Gasteiger partial charge < -0.3 is 10.0 Å². The van der Waals surface area contributed by atoms with E-state index in [4.69, 9.17) is 0 Å². The molecule has 2 aliphatic heterocycles. The predicted octanol–water partition coefficient (Wildman–Crippen LogP) is 3.26. The third-order valence-corrected chi connectivity index (χ3v) is 5.02. The maximum atomic E-state index is 13.2. The Balaban J connectivity index is 1.66. The highest BCUT2D eigenvalue weighted by Crippen LogP contribution is 2.40. The van der Waals surface area contributed by atoms with Crippen LogP contribution in [0.3, 0.4) is 0 Å². The average Bonchev–Trinajstić information content (AvgIpc) is 2.61.